The second-order valence-corrected chi connectivity index (χ2v) is 7.22. The molecule has 0 unspecified atom stereocenters. The summed E-state index contributed by atoms with van der Waals surface area (Å²) in [6.45, 7) is 3.26. The average molecular weight is 315 g/mol. The molecule has 108 valence electrons. The maximum Gasteiger partial charge on any atom is 0.263 e. The SMILES string of the molecule is Cc1cnc(NS(=O)(=O)c2cc(C)c(F)c(CN)c2)s1. The largest absolute Gasteiger partial charge is 0.326 e. The Morgan fingerprint density at radius 2 is 2.10 bits per heavy atom. The molecule has 2 aromatic rings. The Hall–Kier alpha value is -1.51. The molecule has 3 N–H and O–H groups in total. The van der Waals surface area contributed by atoms with Crippen LogP contribution < -0.4 is 10.5 Å². The summed E-state index contributed by atoms with van der Waals surface area (Å²) in [5.41, 5.74) is 5.83. The topological polar surface area (TPSA) is 85.1 Å². The van der Waals surface area contributed by atoms with Crippen molar-refractivity contribution in [1.29, 1.82) is 0 Å². The predicted molar refractivity (Wildman–Crippen MR) is 76.7 cm³/mol. The molecular weight excluding hydrogens is 301 g/mol. The summed E-state index contributed by atoms with van der Waals surface area (Å²) in [6.07, 6.45) is 1.57. The van der Waals surface area contributed by atoms with Gasteiger partial charge in [0, 0.05) is 23.2 Å². The van der Waals surface area contributed by atoms with E-state index in [9.17, 15) is 12.8 Å². The summed E-state index contributed by atoms with van der Waals surface area (Å²) in [4.78, 5) is 4.80. The van der Waals surface area contributed by atoms with Crippen LogP contribution >= 0.6 is 11.3 Å². The van der Waals surface area contributed by atoms with Gasteiger partial charge in [-0.3, -0.25) is 4.72 Å². The van der Waals surface area contributed by atoms with Crippen molar-refractivity contribution in [1.82, 2.24) is 4.98 Å². The van der Waals surface area contributed by atoms with Gasteiger partial charge in [-0.15, -0.1) is 11.3 Å². The van der Waals surface area contributed by atoms with E-state index in [1.807, 2.05) is 6.92 Å². The molecule has 0 saturated heterocycles. The Labute approximate surface area is 120 Å². The van der Waals surface area contributed by atoms with Crippen LogP contribution in [0.4, 0.5) is 9.52 Å². The maximum atomic E-state index is 13.7. The summed E-state index contributed by atoms with van der Waals surface area (Å²) < 4.78 is 40.5. The van der Waals surface area contributed by atoms with E-state index in [-0.39, 0.29) is 27.7 Å². The number of aryl methyl sites for hydroxylation is 2. The van der Waals surface area contributed by atoms with Gasteiger partial charge in [-0.1, -0.05) is 0 Å². The van der Waals surface area contributed by atoms with E-state index in [2.05, 4.69) is 9.71 Å². The molecule has 0 saturated carbocycles. The van der Waals surface area contributed by atoms with Gasteiger partial charge in [0.2, 0.25) is 0 Å². The van der Waals surface area contributed by atoms with Crippen molar-refractivity contribution in [3.63, 3.8) is 0 Å². The van der Waals surface area contributed by atoms with E-state index >= 15 is 0 Å². The minimum absolute atomic E-state index is 0.0234. The van der Waals surface area contributed by atoms with Crippen LogP contribution in [0.2, 0.25) is 0 Å². The van der Waals surface area contributed by atoms with E-state index in [0.29, 0.717) is 0 Å². The van der Waals surface area contributed by atoms with Crippen molar-refractivity contribution in [2.24, 2.45) is 5.73 Å². The fourth-order valence-electron chi connectivity index (χ4n) is 1.69. The number of benzene rings is 1. The van der Waals surface area contributed by atoms with Gasteiger partial charge in [0.15, 0.2) is 5.13 Å². The fraction of sp³-hybridized carbons (Fsp3) is 0.250. The van der Waals surface area contributed by atoms with E-state index in [0.717, 1.165) is 4.88 Å². The van der Waals surface area contributed by atoms with Crippen LogP contribution in [0.5, 0.6) is 0 Å². The van der Waals surface area contributed by atoms with Crippen LogP contribution in [0, 0.1) is 19.7 Å². The third-order valence-corrected chi connectivity index (χ3v) is 4.95. The number of nitrogens with zero attached hydrogens (tertiary/aromatic N) is 1. The molecule has 0 spiro atoms. The number of aromatic nitrogens is 1. The first-order chi connectivity index (χ1) is 9.33. The summed E-state index contributed by atoms with van der Waals surface area (Å²) in [7, 11) is -3.80. The quantitative estimate of drug-likeness (QED) is 0.905. The number of sulfonamides is 1. The number of hydrogen-bond donors (Lipinski definition) is 2. The smallest absolute Gasteiger partial charge is 0.263 e. The molecule has 5 nitrogen and oxygen atoms in total. The van der Waals surface area contributed by atoms with Gasteiger partial charge in [0.05, 0.1) is 4.90 Å². The van der Waals surface area contributed by atoms with Gasteiger partial charge in [-0.25, -0.2) is 17.8 Å². The molecule has 0 fully saturated rings. The molecule has 0 aliphatic rings. The van der Waals surface area contributed by atoms with Gasteiger partial charge >= 0.3 is 0 Å². The van der Waals surface area contributed by atoms with E-state index in [4.69, 9.17) is 5.73 Å². The van der Waals surface area contributed by atoms with Crippen molar-refractivity contribution in [3.8, 4) is 0 Å². The van der Waals surface area contributed by atoms with Crippen LogP contribution in [0.15, 0.2) is 23.2 Å². The fourth-order valence-corrected chi connectivity index (χ4v) is 3.73. The second kappa shape index (κ2) is 5.47. The number of nitrogens with one attached hydrogen (secondary N) is 1. The van der Waals surface area contributed by atoms with Gasteiger partial charge in [-0.05, 0) is 31.5 Å². The Kier molecular flexibility index (Phi) is 4.07. The molecule has 2 rings (SSSR count). The van der Waals surface area contributed by atoms with Crippen molar-refractivity contribution in [2.75, 3.05) is 4.72 Å². The summed E-state index contributed by atoms with van der Waals surface area (Å²) in [5.74, 6) is -0.475. The molecule has 1 aromatic carbocycles. The van der Waals surface area contributed by atoms with Crippen LogP contribution in [0.25, 0.3) is 0 Å². The number of rotatable bonds is 4. The summed E-state index contributed by atoms with van der Waals surface area (Å²) in [5, 5.41) is 0.277. The lowest BCUT2D eigenvalue weighted by molar-refractivity contribution is 0.592. The normalized spacial score (nSPS) is 11.6. The molecule has 0 atom stereocenters. The van der Waals surface area contributed by atoms with Crippen LogP contribution in [-0.4, -0.2) is 13.4 Å². The predicted octanol–water partition coefficient (Wildman–Crippen LogP) is 2.16. The van der Waals surface area contributed by atoms with Gasteiger partial charge in [0.1, 0.15) is 5.82 Å². The molecule has 1 heterocycles. The summed E-state index contributed by atoms with van der Waals surface area (Å²) >= 11 is 1.23. The molecule has 0 bridgehead atoms. The first-order valence-corrected chi connectivity index (χ1v) is 8.08. The summed E-state index contributed by atoms with van der Waals surface area (Å²) in [6, 6.07) is 2.52. The third-order valence-electron chi connectivity index (χ3n) is 2.68. The van der Waals surface area contributed by atoms with E-state index < -0.39 is 15.8 Å². The highest BCUT2D eigenvalue weighted by atomic mass is 32.2. The third kappa shape index (κ3) is 2.97. The Balaban J connectivity index is 2.41. The Bertz CT molecular complexity index is 741. The average Bonchev–Trinajstić information content (AvgIpc) is 2.77. The van der Waals surface area contributed by atoms with Crippen molar-refractivity contribution >= 4 is 26.5 Å². The zero-order valence-corrected chi connectivity index (χ0v) is 12.6. The minimum atomic E-state index is -3.80. The molecular formula is C12H14FN3O2S2. The molecule has 8 heteroatoms. The highest BCUT2D eigenvalue weighted by Crippen LogP contribution is 2.23. The molecule has 0 aliphatic heterocycles. The standard InChI is InChI=1S/C12H14FN3O2S2/c1-7-3-10(4-9(5-14)11(7)13)20(17,18)16-12-15-6-8(2)19-12/h3-4,6H,5,14H2,1-2H3,(H,15,16). The molecule has 0 radical (unpaired) electrons. The van der Waals surface area contributed by atoms with Gasteiger partial charge in [0.25, 0.3) is 10.0 Å². The number of nitrogens with two attached hydrogens (primary N) is 1. The van der Waals surface area contributed by atoms with Crippen LogP contribution in [0.1, 0.15) is 16.0 Å². The Morgan fingerprint density at radius 1 is 1.40 bits per heavy atom. The number of halogens is 1. The highest BCUT2D eigenvalue weighted by Gasteiger charge is 2.19. The van der Waals surface area contributed by atoms with Gasteiger partial charge in [-0.2, -0.15) is 0 Å². The first kappa shape index (κ1) is 14.9. The number of anilines is 1. The lowest BCUT2D eigenvalue weighted by Gasteiger charge is -2.09. The molecule has 20 heavy (non-hydrogen) atoms. The number of hydrogen-bond acceptors (Lipinski definition) is 5. The van der Waals surface area contributed by atoms with Gasteiger partial charge < -0.3 is 5.73 Å². The molecule has 1 aromatic heterocycles. The molecule has 0 aliphatic carbocycles. The second-order valence-electron chi connectivity index (χ2n) is 4.30. The monoisotopic (exact) mass is 315 g/mol. The Morgan fingerprint density at radius 3 is 2.65 bits per heavy atom. The minimum Gasteiger partial charge on any atom is -0.326 e. The van der Waals surface area contributed by atoms with Crippen LogP contribution in [0.3, 0.4) is 0 Å². The number of thiazole rings is 1. The van der Waals surface area contributed by atoms with Crippen LogP contribution in [-0.2, 0) is 16.6 Å². The lowest BCUT2D eigenvalue weighted by atomic mass is 10.1. The van der Waals surface area contributed by atoms with Crippen molar-refractivity contribution in [2.45, 2.75) is 25.3 Å². The van der Waals surface area contributed by atoms with Crippen molar-refractivity contribution in [3.05, 3.63) is 40.2 Å². The van der Waals surface area contributed by atoms with E-state index in [1.54, 1.807) is 6.20 Å². The maximum absolute atomic E-state index is 13.7. The molecule has 0 amide bonds. The highest BCUT2D eigenvalue weighted by molar-refractivity contribution is 7.93. The first-order valence-electron chi connectivity index (χ1n) is 5.78. The zero-order chi connectivity index (χ0) is 14.9. The lowest BCUT2D eigenvalue weighted by Crippen LogP contribution is -2.14. The van der Waals surface area contributed by atoms with Crippen molar-refractivity contribution < 1.29 is 12.8 Å². The van der Waals surface area contributed by atoms with E-state index in [1.165, 1.54) is 30.4 Å². The zero-order valence-electron chi connectivity index (χ0n) is 11.0.